The smallest absolute Gasteiger partial charge is 0.101 e. The van der Waals surface area contributed by atoms with Crippen molar-refractivity contribution in [2.24, 2.45) is 0 Å². The van der Waals surface area contributed by atoms with E-state index in [1.807, 2.05) is 12.1 Å². The zero-order valence-electron chi connectivity index (χ0n) is 8.27. The number of rotatable bonds is 2. The van der Waals surface area contributed by atoms with Crippen LogP contribution >= 0.6 is 0 Å². The number of hydrogen-bond acceptors (Lipinski definition) is 4. The number of nitrogens with one attached hydrogen (secondary N) is 1. The average Bonchev–Trinajstić information content (AvgIpc) is 2.16. The first-order chi connectivity index (χ1) is 7.19. The Bertz CT molecular complexity index is 405. The summed E-state index contributed by atoms with van der Waals surface area (Å²) in [6.07, 6.45) is 1.39. The molecule has 1 aromatic carbocycles. The van der Waals surface area contributed by atoms with Crippen LogP contribution in [0.5, 0.6) is 0 Å². The molecule has 0 spiro atoms. The Morgan fingerprint density at radius 3 is 2.73 bits per heavy atom. The molecule has 0 bridgehead atoms. The summed E-state index contributed by atoms with van der Waals surface area (Å²) in [7, 11) is 0. The molecule has 0 saturated heterocycles. The monoisotopic (exact) mass is 203 g/mol. The van der Waals surface area contributed by atoms with Crippen LogP contribution in [0.1, 0.15) is 18.4 Å². The van der Waals surface area contributed by atoms with Crippen LogP contribution in [0.3, 0.4) is 0 Å². The second-order valence-electron chi connectivity index (χ2n) is 3.88. The largest absolute Gasteiger partial charge is 0.398 e. The fourth-order valence-corrected chi connectivity index (χ4v) is 1.70. The van der Waals surface area contributed by atoms with Gasteiger partial charge in [-0.05, 0) is 31.0 Å². The van der Waals surface area contributed by atoms with Crippen LogP contribution < -0.4 is 11.1 Å². The first-order valence-corrected chi connectivity index (χ1v) is 4.93. The third-order valence-corrected chi connectivity index (χ3v) is 2.66. The van der Waals surface area contributed by atoms with E-state index in [-0.39, 0.29) is 6.10 Å². The Morgan fingerprint density at radius 1 is 1.47 bits per heavy atom. The summed E-state index contributed by atoms with van der Waals surface area (Å²) in [5, 5.41) is 21.1. The van der Waals surface area contributed by atoms with Crippen molar-refractivity contribution in [2.75, 3.05) is 11.1 Å². The van der Waals surface area contributed by atoms with Gasteiger partial charge in [-0.1, -0.05) is 0 Å². The number of hydrogen-bond donors (Lipinski definition) is 3. The van der Waals surface area contributed by atoms with Crippen LogP contribution in [0.2, 0.25) is 0 Å². The van der Waals surface area contributed by atoms with Gasteiger partial charge in [-0.3, -0.25) is 0 Å². The molecular formula is C11H13N3O. The fourth-order valence-electron chi connectivity index (χ4n) is 1.70. The first-order valence-electron chi connectivity index (χ1n) is 4.93. The summed E-state index contributed by atoms with van der Waals surface area (Å²) in [6, 6.07) is 7.63. The number of aliphatic hydroxyl groups excluding tert-OH is 1. The number of aliphatic hydroxyl groups is 1. The fraction of sp³-hybridized carbons (Fsp3) is 0.364. The molecule has 1 aliphatic rings. The highest BCUT2D eigenvalue weighted by Gasteiger charge is 2.26. The number of nitrogen functional groups attached to an aromatic ring is 1. The Kier molecular flexibility index (Phi) is 2.48. The molecule has 0 atom stereocenters. The molecule has 2 rings (SSSR count). The van der Waals surface area contributed by atoms with E-state index in [0.717, 1.165) is 18.5 Å². The van der Waals surface area contributed by atoms with Gasteiger partial charge in [-0.25, -0.2) is 0 Å². The minimum absolute atomic E-state index is 0.168. The lowest BCUT2D eigenvalue weighted by molar-refractivity contribution is 0.0836. The van der Waals surface area contributed by atoms with Gasteiger partial charge in [0.25, 0.3) is 0 Å². The van der Waals surface area contributed by atoms with Crippen LogP contribution in [0.15, 0.2) is 18.2 Å². The Labute approximate surface area is 88.3 Å². The first kappa shape index (κ1) is 9.81. The quantitative estimate of drug-likeness (QED) is 0.628. The zero-order valence-corrected chi connectivity index (χ0v) is 8.27. The second-order valence-corrected chi connectivity index (χ2v) is 3.88. The van der Waals surface area contributed by atoms with Crippen molar-refractivity contribution in [1.82, 2.24) is 0 Å². The Balaban J connectivity index is 2.04. The SMILES string of the molecule is N#Cc1ccc(NC2CC(O)C2)cc1N. The molecule has 0 unspecified atom stereocenters. The second kappa shape index (κ2) is 3.79. The molecule has 0 aliphatic heterocycles. The van der Waals surface area contributed by atoms with Crippen LogP contribution in [-0.2, 0) is 0 Å². The zero-order chi connectivity index (χ0) is 10.8. The van der Waals surface area contributed by atoms with E-state index in [2.05, 4.69) is 5.32 Å². The normalized spacial score (nSPS) is 24.0. The lowest BCUT2D eigenvalue weighted by Gasteiger charge is -2.32. The molecule has 1 aliphatic carbocycles. The van der Waals surface area contributed by atoms with Gasteiger partial charge in [0.2, 0.25) is 0 Å². The molecule has 1 saturated carbocycles. The average molecular weight is 203 g/mol. The Hall–Kier alpha value is -1.73. The van der Waals surface area contributed by atoms with Gasteiger partial charge in [0, 0.05) is 11.7 Å². The lowest BCUT2D eigenvalue weighted by Crippen LogP contribution is -2.38. The van der Waals surface area contributed by atoms with Gasteiger partial charge in [-0.2, -0.15) is 5.26 Å². The maximum atomic E-state index is 9.13. The van der Waals surface area contributed by atoms with Gasteiger partial charge in [0.05, 0.1) is 17.4 Å². The molecule has 1 aromatic rings. The highest BCUT2D eigenvalue weighted by atomic mass is 16.3. The molecule has 0 amide bonds. The molecule has 0 aromatic heterocycles. The summed E-state index contributed by atoms with van der Waals surface area (Å²) >= 11 is 0. The van der Waals surface area contributed by atoms with Crippen molar-refractivity contribution in [2.45, 2.75) is 25.0 Å². The predicted octanol–water partition coefficient (Wildman–Crippen LogP) is 1.08. The van der Waals surface area contributed by atoms with Crippen molar-refractivity contribution in [3.05, 3.63) is 23.8 Å². The van der Waals surface area contributed by atoms with Crippen LogP contribution in [0.4, 0.5) is 11.4 Å². The molecule has 15 heavy (non-hydrogen) atoms. The molecule has 4 nitrogen and oxygen atoms in total. The van der Waals surface area contributed by atoms with Gasteiger partial charge in [0.15, 0.2) is 0 Å². The topological polar surface area (TPSA) is 82.1 Å². The summed E-state index contributed by atoms with van der Waals surface area (Å²) < 4.78 is 0. The minimum atomic E-state index is -0.168. The maximum absolute atomic E-state index is 9.13. The third kappa shape index (κ3) is 2.03. The van der Waals surface area contributed by atoms with Crippen molar-refractivity contribution in [3.8, 4) is 6.07 Å². The molecule has 4 N–H and O–H groups in total. The van der Waals surface area contributed by atoms with E-state index in [1.54, 1.807) is 12.1 Å². The maximum Gasteiger partial charge on any atom is 0.101 e. The molecule has 4 heteroatoms. The molecule has 1 fully saturated rings. The van der Waals surface area contributed by atoms with Crippen molar-refractivity contribution < 1.29 is 5.11 Å². The van der Waals surface area contributed by atoms with E-state index in [0.29, 0.717) is 17.3 Å². The van der Waals surface area contributed by atoms with Crippen molar-refractivity contribution >= 4 is 11.4 Å². The summed E-state index contributed by atoms with van der Waals surface area (Å²) in [5.41, 5.74) is 7.57. The number of benzene rings is 1. The molecular weight excluding hydrogens is 190 g/mol. The van der Waals surface area contributed by atoms with Gasteiger partial charge in [0.1, 0.15) is 6.07 Å². The summed E-state index contributed by atoms with van der Waals surface area (Å²) in [5.74, 6) is 0. The van der Waals surface area contributed by atoms with E-state index in [4.69, 9.17) is 16.1 Å². The van der Waals surface area contributed by atoms with Crippen LogP contribution in [0, 0.1) is 11.3 Å². The minimum Gasteiger partial charge on any atom is -0.398 e. The van der Waals surface area contributed by atoms with Crippen LogP contribution in [-0.4, -0.2) is 17.3 Å². The van der Waals surface area contributed by atoms with E-state index < -0.39 is 0 Å². The lowest BCUT2D eigenvalue weighted by atomic mass is 9.89. The number of anilines is 2. The van der Waals surface area contributed by atoms with Gasteiger partial charge >= 0.3 is 0 Å². The predicted molar refractivity (Wildman–Crippen MR) is 58.2 cm³/mol. The molecule has 0 heterocycles. The van der Waals surface area contributed by atoms with Crippen molar-refractivity contribution in [3.63, 3.8) is 0 Å². The molecule has 78 valence electrons. The number of nitrogens with two attached hydrogens (primary N) is 1. The number of nitrogens with zero attached hydrogens (tertiary/aromatic N) is 1. The summed E-state index contributed by atoms with van der Waals surface area (Å²) in [6.45, 7) is 0. The van der Waals surface area contributed by atoms with E-state index >= 15 is 0 Å². The highest BCUT2D eigenvalue weighted by molar-refractivity contribution is 5.63. The number of nitriles is 1. The molecule has 0 radical (unpaired) electrons. The highest BCUT2D eigenvalue weighted by Crippen LogP contribution is 2.25. The van der Waals surface area contributed by atoms with Crippen LogP contribution in [0.25, 0.3) is 0 Å². The Morgan fingerprint density at radius 2 is 2.20 bits per heavy atom. The van der Waals surface area contributed by atoms with E-state index in [1.165, 1.54) is 0 Å². The third-order valence-electron chi connectivity index (χ3n) is 2.66. The van der Waals surface area contributed by atoms with Crippen molar-refractivity contribution in [1.29, 1.82) is 5.26 Å². The standard InChI is InChI=1S/C11H13N3O/c12-6-7-1-2-8(5-11(7)13)14-9-3-10(15)4-9/h1-2,5,9-10,14-15H,3-4,13H2. The van der Waals surface area contributed by atoms with Gasteiger partial charge < -0.3 is 16.2 Å². The summed E-state index contributed by atoms with van der Waals surface area (Å²) in [4.78, 5) is 0. The van der Waals surface area contributed by atoms with Gasteiger partial charge in [-0.15, -0.1) is 0 Å². The van der Waals surface area contributed by atoms with E-state index in [9.17, 15) is 0 Å².